The van der Waals surface area contributed by atoms with Crippen LogP contribution in [0.2, 0.25) is 0 Å². The molecule has 0 aromatic heterocycles. The SMILES string of the molecule is COC(=O)/C=C1\OC(=O)C(c2ccc(O)cc2)=C1O. The molecule has 1 heterocycles. The number of benzene rings is 1. The van der Waals surface area contributed by atoms with Gasteiger partial charge in [-0.05, 0) is 17.7 Å². The second-order valence-corrected chi connectivity index (χ2v) is 3.69. The van der Waals surface area contributed by atoms with Gasteiger partial charge in [-0.25, -0.2) is 9.59 Å². The van der Waals surface area contributed by atoms with Crippen LogP contribution in [0, 0.1) is 0 Å². The van der Waals surface area contributed by atoms with Crippen LogP contribution in [0.15, 0.2) is 41.9 Å². The second kappa shape index (κ2) is 4.85. The van der Waals surface area contributed by atoms with Crippen LogP contribution in [0.25, 0.3) is 5.57 Å². The molecule has 1 aromatic carbocycles. The van der Waals surface area contributed by atoms with Crippen LogP contribution in [0.5, 0.6) is 5.75 Å². The quantitative estimate of drug-likeness (QED) is 0.616. The Balaban J connectivity index is 2.44. The first-order valence-corrected chi connectivity index (χ1v) is 5.27. The number of carbonyl (C=O) groups excluding carboxylic acids is 2. The molecule has 0 saturated carbocycles. The number of phenolic OH excluding ortho intramolecular Hbond substituents is 1. The van der Waals surface area contributed by atoms with Gasteiger partial charge in [-0.2, -0.15) is 0 Å². The van der Waals surface area contributed by atoms with Gasteiger partial charge in [-0.1, -0.05) is 12.1 Å². The monoisotopic (exact) mass is 262 g/mol. The molecule has 0 radical (unpaired) electrons. The lowest BCUT2D eigenvalue weighted by Crippen LogP contribution is -2.00. The van der Waals surface area contributed by atoms with Crippen molar-refractivity contribution in [1.82, 2.24) is 0 Å². The maximum Gasteiger partial charge on any atom is 0.348 e. The first kappa shape index (κ1) is 12.7. The summed E-state index contributed by atoms with van der Waals surface area (Å²) < 4.78 is 9.16. The number of ether oxygens (including phenoxy) is 2. The number of phenols is 1. The molecule has 19 heavy (non-hydrogen) atoms. The molecular formula is C13H10O6. The minimum atomic E-state index is -0.779. The van der Waals surface area contributed by atoms with E-state index in [9.17, 15) is 14.7 Å². The van der Waals surface area contributed by atoms with Gasteiger partial charge in [0.25, 0.3) is 0 Å². The maximum absolute atomic E-state index is 11.7. The smallest absolute Gasteiger partial charge is 0.348 e. The van der Waals surface area contributed by atoms with Gasteiger partial charge in [0.2, 0.25) is 0 Å². The van der Waals surface area contributed by atoms with Gasteiger partial charge in [-0.3, -0.25) is 0 Å². The van der Waals surface area contributed by atoms with Crippen molar-refractivity contribution in [3.8, 4) is 5.75 Å². The van der Waals surface area contributed by atoms with Crippen LogP contribution in [-0.2, 0) is 19.1 Å². The molecule has 0 unspecified atom stereocenters. The minimum Gasteiger partial charge on any atom is -0.508 e. The predicted molar refractivity (Wildman–Crippen MR) is 63.8 cm³/mol. The third-order valence-corrected chi connectivity index (χ3v) is 2.48. The topological polar surface area (TPSA) is 93.1 Å². The summed E-state index contributed by atoms with van der Waals surface area (Å²) in [5.74, 6) is -2.21. The van der Waals surface area contributed by atoms with Gasteiger partial charge < -0.3 is 19.7 Å². The molecular weight excluding hydrogens is 252 g/mol. The number of carbonyl (C=O) groups is 2. The standard InChI is InChI=1S/C13H10O6/c1-18-10(15)6-9-12(16)11(13(17)19-9)7-2-4-8(14)5-3-7/h2-6,14,16H,1H3/b9-6-. The van der Waals surface area contributed by atoms with Crippen molar-refractivity contribution in [1.29, 1.82) is 0 Å². The van der Waals surface area contributed by atoms with Crippen molar-refractivity contribution < 1.29 is 29.3 Å². The Morgan fingerprint density at radius 3 is 2.47 bits per heavy atom. The fourth-order valence-electron chi connectivity index (χ4n) is 1.57. The number of cyclic esters (lactones) is 1. The van der Waals surface area contributed by atoms with E-state index < -0.39 is 17.7 Å². The first-order valence-electron chi connectivity index (χ1n) is 5.27. The van der Waals surface area contributed by atoms with E-state index in [1.165, 1.54) is 24.3 Å². The summed E-state index contributed by atoms with van der Waals surface area (Å²) in [6, 6.07) is 5.63. The van der Waals surface area contributed by atoms with Crippen LogP contribution in [-0.4, -0.2) is 29.3 Å². The molecule has 0 amide bonds. The predicted octanol–water partition coefficient (Wildman–Crippen LogP) is 1.27. The molecule has 1 aliphatic heterocycles. The van der Waals surface area contributed by atoms with E-state index in [1.54, 1.807) is 0 Å². The van der Waals surface area contributed by atoms with Crippen LogP contribution >= 0.6 is 0 Å². The summed E-state index contributed by atoms with van der Waals surface area (Å²) >= 11 is 0. The summed E-state index contributed by atoms with van der Waals surface area (Å²) in [5.41, 5.74) is 0.295. The van der Waals surface area contributed by atoms with Gasteiger partial charge in [0.05, 0.1) is 13.2 Å². The Kier molecular flexibility index (Phi) is 3.24. The van der Waals surface area contributed by atoms with Gasteiger partial charge in [0.1, 0.15) is 11.3 Å². The normalized spacial score (nSPS) is 16.7. The highest BCUT2D eigenvalue weighted by Gasteiger charge is 2.31. The van der Waals surface area contributed by atoms with Crippen molar-refractivity contribution in [3.63, 3.8) is 0 Å². The van der Waals surface area contributed by atoms with Crippen molar-refractivity contribution in [2.75, 3.05) is 7.11 Å². The molecule has 2 rings (SSSR count). The van der Waals surface area contributed by atoms with Crippen molar-refractivity contribution in [2.24, 2.45) is 0 Å². The molecule has 0 atom stereocenters. The van der Waals surface area contributed by atoms with Gasteiger partial charge in [0, 0.05) is 0 Å². The van der Waals surface area contributed by atoms with Gasteiger partial charge >= 0.3 is 11.9 Å². The van der Waals surface area contributed by atoms with E-state index in [-0.39, 0.29) is 17.1 Å². The van der Waals surface area contributed by atoms with Crippen LogP contribution in [0.3, 0.4) is 0 Å². The van der Waals surface area contributed by atoms with Crippen LogP contribution in [0.1, 0.15) is 5.56 Å². The number of rotatable bonds is 2. The van der Waals surface area contributed by atoms with Gasteiger partial charge in [0.15, 0.2) is 11.5 Å². The van der Waals surface area contributed by atoms with Crippen molar-refractivity contribution >= 4 is 17.5 Å². The molecule has 0 aliphatic carbocycles. The average Bonchev–Trinajstić information content (AvgIpc) is 2.66. The number of hydrogen-bond acceptors (Lipinski definition) is 6. The summed E-state index contributed by atoms with van der Waals surface area (Å²) in [7, 11) is 1.16. The fraction of sp³-hybridized carbons (Fsp3) is 0.0769. The number of esters is 2. The molecule has 0 saturated heterocycles. The Morgan fingerprint density at radius 2 is 1.89 bits per heavy atom. The molecule has 0 fully saturated rings. The number of aliphatic hydroxyl groups is 1. The lowest BCUT2D eigenvalue weighted by Gasteiger charge is -1.99. The summed E-state index contributed by atoms with van der Waals surface area (Å²) in [6.07, 6.45) is 0.876. The largest absolute Gasteiger partial charge is 0.508 e. The van der Waals surface area contributed by atoms with Crippen LogP contribution in [0.4, 0.5) is 0 Å². The summed E-state index contributed by atoms with van der Waals surface area (Å²) in [5, 5.41) is 19.0. The van der Waals surface area contributed by atoms with E-state index in [0.29, 0.717) is 5.56 Å². The maximum atomic E-state index is 11.7. The molecule has 1 aromatic rings. The zero-order chi connectivity index (χ0) is 14.0. The van der Waals surface area contributed by atoms with E-state index in [2.05, 4.69) is 4.74 Å². The Hall–Kier alpha value is -2.76. The average molecular weight is 262 g/mol. The second-order valence-electron chi connectivity index (χ2n) is 3.69. The Labute approximate surface area is 108 Å². The highest BCUT2D eigenvalue weighted by atomic mass is 16.6. The van der Waals surface area contributed by atoms with E-state index in [1.807, 2.05) is 0 Å². The summed E-state index contributed by atoms with van der Waals surface area (Å²) in [6.45, 7) is 0. The molecule has 0 spiro atoms. The molecule has 6 nitrogen and oxygen atoms in total. The highest BCUT2D eigenvalue weighted by molar-refractivity contribution is 6.20. The zero-order valence-electron chi connectivity index (χ0n) is 9.91. The zero-order valence-corrected chi connectivity index (χ0v) is 9.91. The molecule has 6 heteroatoms. The molecule has 98 valence electrons. The third kappa shape index (κ3) is 2.42. The number of methoxy groups -OCH3 is 1. The number of aromatic hydroxyl groups is 1. The van der Waals surface area contributed by atoms with Crippen LogP contribution < -0.4 is 0 Å². The first-order chi connectivity index (χ1) is 9.02. The fourth-order valence-corrected chi connectivity index (χ4v) is 1.57. The third-order valence-electron chi connectivity index (χ3n) is 2.48. The lowest BCUT2D eigenvalue weighted by molar-refractivity contribution is -0.135. The van der Waals surface area contributed by atoms with Gasteiger partial charge in [-0.15, -0.1) is 0 Å². The van der Waals surface area contributed by atoms with E-state index >= 15 is 0 Å². The van der Waals surface area contributed by atoms with E-state index in [0.717, 1.165) is 13.2 Å². The number of aliphatic hydroxyl groups excluding tert-OH is 1. The Morgan fingerprint density at radius 1 is 1.26 bits per heavy atom. The lowest BCUT2D eigenvalue weighted by atomic mass is 10.1. The highest BCUT2D eigenvalue weighted by Crippen LogP contribution is 2.32. The van der Waals surface area contributed by atoms with E-state index in [4.69, 9.17) is 9.84 Å². The molecule has 0 bridgehead atoms. The van der Waals surface area contributed by atoms with Crippen molar-refractivity contribution in [2.45, 2.75) is 0 Å². The molecule has 1 aliphatic rings. The number of hydrogen-bond donors (Lipinski definition) is 2. The molecule has 2 N–H and O–H groups in total. The Bertz CT molecular complexity index is 594. The summed E-state index contributed by atoms with van der Waals surface area (Å²) in [4.78, 5) is 22.7. The minimum absolute atomic E-state index is 0.0283. The van der Waals surface area contributed by atoms with Crippen molar-refractivity contribution in [3.05, 3.63) is 47.4 Å².